The molecule has 0 N–H and O–H groups in total. The second-order valence-corrected chi connectivity index (χ2v) is 11.1. The molecule has 37 heavy (non-hydrogen) atoms. The lowest BCUT2D eigenvalue weighted by atomic mass is 10.1. The van der Waals surface area contributed by atoms with Gasteiger partial charge in [-0.2, -0.15) is 5.10 Å². The Morgan fingerprint density at radius 1 is 1.14 bits per heavy atom. The monoisotopic (exact) mass is 597 g/mol. The lowest BCUT2D eigenvalue weighted by molar-refractivity contribution is 0.0414. The van der Waals surface area contributed by atoms with Gasteiger partial charge >= 0.3 is 0 Å². The van der Waals surface area contributed by atoms with E-state index in [0.29, 0.717) is 47.3 Å². The lowest BCUT2D eigenvalue weighted by Crippen LogP contribution is -2.55. The zero-order valence-corrected chi connectivity index (χ0v) is 23.6. The van der Waals surface area contributed by atoms with Crippen LogP contribution in [0.5, 0.6) is 0 Å². The molecule has 0 saturated carbocycles. The van der Waals surface area contributed by atoms with Gasteiger partial charge in [-0.25, -0.2) is 9.67 Å². The molecule has 2 amide bonds. The summed E-state index contributed by atoms with van der Waals surface area (Å²) in [5.74, 6) is -0.0952. The topological polar surface area (TPSA) is 71.3 Å². The number of carbonyl (C=O) groups excluding carboxylic acids is 2. The maximum Gasteiger partial charge on any atom is 0.257 e. The van der Waals surface area contributed by atoms with Gasteiger partial charge in [-0.3, -0.25) is 9.59 Å². The number of amides is 2. The van der Waals surface area contributed by atoms with E-state index in [1.165, 1.54) is 11.3 Å². The van der Waals surface area contributed by atoms with Gasteiger partial charge in [-0.05, 0) is 43.7 Å². The van der Waals surface area contributed by atoms with Crippen LogP contribution in [0.1, 0.15) is 40.3 Å². The number of hydrogen-bond donors (Lipinski definition) is 0. The van der Waals surface area contributed by atoms with E-state index in [1.54, 1.807) is 10.9 Å². The first-order valence-electron chi connectivity index (χ1n) is 12.0. The van der Waals surface area contributed by atoms with Crippen molar-refractivity contribution in [1.29, 1.82) is 0 Å². The number of carbonyl (C=O) groups is 2. The minimum atomic E-state index is -0.106. The maximum atomic E-state index is 13.6. The molecule has 7 nitrogen and oxygen atoms in total. The molecule has 0 radical (unpaired) electrons. The Morgan fingerprint density at radius 3 is 2.62 bits per heavy atom. The minimum absolute atomic E-state index is 0.0248. The van der Waals surface area contributed by atoms with Crippen molar-refractivity contribution < 1.29 is 9.59 Å². The predicted molar refractivity (Wildman–Crippen MR) is 150 cm³/mol. The first kappa shape index (κ1) is 25.6. The Morgan fingerprint density at radius 2 is 1.92 bits per heavy atom. The van der Waals surface area contributed by atoms with Crippen molar-refractivity contribution in [3.63, 3.8) is 0 Å². The largest absolute Gasteiger partial charge is 0.335 e. The van der Waals surface area contributed by atoms with E-state index in [4.69, 9.17) is 16.6 Å². The third-order valence-electron chi connectivity index (χ3n) is 6.49. The molecular weight excluding hydrogens is 574 g/mol. The van der Waals surface area contributed by atoms with E-state index >= 15 is 0 Å². The van der Waals surface area contributed by atoms with Crippen LogP contribution in [0.25, 0.3) is 16.4 Å². The molecule has 1 unspecified atom stereocenters. The number of nitrogens with zero attached hydrogens (tertiary/aromatic N) is 5. The van der Waals surface area contributed by atoms with Crippen LogP contribution in [0.2, 0.25) is 5.02 Å². The molecule has 2 aromatic heterocycles. The SMILES string of the molecule is CCc1c(C(=O)N2CCN(C(=O)c3cccc(Br)c3)C(C)C2)cnn1-c1nc(-c2ccc(Cl)cc2)cs1. The van der Waals surface area contributed by atoms with Crippen LogP contribution >= 0.6 is 38.9 Å². The zero-order chi connectivity index (χ0) is 26.1. The molecule has 5 rings (SSSR count). The summed E-state index contributed by atoms with van der Waals surface area (Å²) in [7, 11) is 0. The summed E-state index contributed by atoms with van der Waals surface area (Å²) in [6.07, 6.45) is 2.27. The average molecular weight is 599 g/mol. The van der Waals surface area contributed by atoms with Crippen LogP contribution < -0.4 is 0 Å². The molecule has 0 bridgehead atoms. The third-order valence-corrected chi connectivity index (χ3v) is 8.06. The van der Waals surface area contributed by atoms with Gasteiger partial charge in [-0.15, -0.1) is 11.3 Å². The molecular formula is C27H25BrClN5O2S. The van der Waals surface area contributed by atoms with E-state index < -0.39 is 0 Å². The van der Waals surface area contributed by atoms with Gasteiger partial charge in [0, 0.05) is 51.7 Å². The van der Waals surface area contributed by atoms with Crippen molar-refractivity contribution >= 4 is 50.7 Å². The fourth-order valence-electron chi connectivity index (χ4n) is 4.57. The lowest BCUT2D eigenvalue weighted by Gasteiger charge is -2.40. The average Bonchev–Trinajstić information content (AvgIpc) is 3.55. The first-order valence-corrected chi connectivity index (χ1v) is 14.0. The molecule has 1 atom stereocenters. The summed E-state index contributed by atoms with van der Waals surface area (Å²) >= 11 is 10.9. The van der Waals surface area contributed by atoms with Crippen molar-refractivity contribution in [1.82, 2.24) is 24.6 Å². The third kappa shape index (κ3) is 5.21. The van der Waals surface area contributed by atoms with Gasteiger partial charge in [0.15, 0.2) is 0 Å². The predicted octanol–water partition coefficient (Wildman–Crippen LogP) is 5.96. The number of benzene rings is 2. The van der Waals surface area contributed by atoms with Crippen molar-refractivity contribution in [2.75, 3.05) is 19.6 Å². The first-order chi connectivity index (χ1) is 17.9. The standard InChI is InChI=1S/C27H25BrClN5O2S/c1-3-24-22(14-30-34(24)27-31-23(16-37-27)18-7-9-21(29)10-8-18)26(36)32-11-12-33(17(2)15-32)25(35)19-5-4-6-20(28)13-19/h4-10,13-14,16-17H,3,11-12,15H2,1-2H3. The fraction of sp³-hybridized carbons (Fsp3) is 0.259. The summed E-state index contributed by atoms with van der Waals surface area (Å²) < 4.78 is 2.62. The molecule has 0 aliphatic carbocycles. The highest BCUT2D eigenvalue weighted by Crippen LogP contribution is 2.27. The number of piperazine rings is 1. The Hall–Kier alpha value is -3.01. The van der Waals surface area contributed by atoms with Gasteiger partial charge in [0.25, 0.3) is 11.8 Å². The Balaban J connectivity index is 1.32. The van der Waals surface area contributed by atoms with Crippen LogP contribution in [-0.2, 0) is 6.42 Å². The molecule has 3 heterocycles. The molecule has 190 valence electrons. The van der Waals surface area contributed by atoms with Gasteiger partial charge in [0.2, 0.25) is 5.13 Å². The Kier molecular flexibility index (Phi) is 7.46. The van der Waals surface area contributed by atoms with E-state index in [2.05, 4.69) is 21.0 Å². The highest BCUT2D eigenvalue weighted by Gasteiger charge is 2.32. The van der Waals surface area contributed by atoms with E-state index in [9.17, 15) is 9.59 Å². The summed E-state index contributed by atoms with van der Waals surface area (Å²) in [5, 5.41) is 7.89. The van der Waals surface area contributed by atoms with E-state index in [-0.39, 0.29) is 17.9 Å². The molecule has 1 fully saturated rings. The molecule has 10 heteroatoms. The van der Waals surface area contributed by atoms with Crippen LogP contribution in [0.3, 0.4) is 0 Å². The highest BCUT2D eigenvalue weighted by molar-refractivity contribution is 9.10. The zero-order valence-electron chi connectivity index (χ0n) is 20.4. The molecule has 2 aromatic carbocycles. The minimum Gasteiger partial charge on any atom is -0.335 e. The summed E-state index contributed by atoms with van der Waals surface area (Å²) in [4.78, 5) is 35.0. The molecule has 4 aromatic rings. The second-order valence-electron chi connectivity index (χ2n) is 8.90. The van der Waals surface area contributed by atoms with Crippen molar-refractivity contribution in [2.24, 2.45) is 0 Å². The maximum absolute atomic E-state index is 13.6. The normalized spacial score (nSPS) is 15.7. The van der Waals surface area contributed by atoms with E-state index in [1.807, 2.05) is 77.6 Å². The van der Waals surface area contributed by atoms with Gasteiger partial charge in [0.05, 0.1) is 23.1 Å². The van der Waals surface area contributed by atoms with Crippen LogP contribution in [-0.4, -0.2) is 62.1 Å². The summed E-state index contributed by atoms with van der Waals surface area (Å²) in [6.45, 7) is 5.40. The van der Waals surface area contributed by atoms with Crippen LogP contribution in [0.4, 0.5) is 0 Å². The second kappa shape index (κ2) is 10.8. The van der Waals surface area contributed by atoms with Crippen LogP contribution in [0, 0.1) is 0 Å². The van der Waals surface area contributed by atoms with Crippen molar-refractivity contribution in [3.8, 4) is 16.4 Å². The number of halogens is 2. The van der Waals surface area contributed by atoms with Crippen LogP contribution in [0.15, 0.2) is 64.6 Å². The number of aromatic nitrogens is 3. The highest BCUT2D eigenvalue weighted by atomic mass is 79.9. The molecule has 0 spiro atoms. The van der Waals surface area contributed by atoms with Gasteiger partial charge in [0.1, 0.15) is 0 Å². The van der Waals surface area contributed by atoms with Gasteiger partial charge < -0.3 is 9.80 Å². The quantitative estimate of drug-likeness (QED) is 0.284. The van der Waals surface area contributed by atoms with Crippen molar-refractivity contribution in [2.45, 2.75) is 26.3 Å². The Bertz CT molecular complexity index is 1450. The van der Waals surface area contributed by atoms with E-state index in [0.717, 1.165) is 21.4 Å². The summed E-state index contributed by atoms with van der Waals surface area (Å²) in [5.41, 5.74) is 3.84. The molecule has 1 aliphatic rings. The Labute approximate surface area is 232 Å². The molecule has 1 saturated heterocycles. The van der Waals surface area contributed by atoms with Crippen molar-refractivity contribution in [3.05, 3.63) is 86.4 Å². The smallest absolute Gasteiger partial charge is 0.257 e. The number of thiazole rings is 1. The summed E-state index contributed by atoms with van der Waals surface area (Å²) in [6, 6.07) is 14.8. The number of rotatable bonds is 5. The molecule has 1 aliphatic heterocycles. The number of hydrogen-bond acceptors (Lipinski definition) is 5. The van der Waals surface area contributed by atoms with Gasteiger partial charge in [-0.1, -0.05) is 52.7 Å². The fourth-order valence-corrected chi connectivity index (χ4v) is 5.91.